The smallest absolute Gasteiger partial charge is 0.230 e. The van der Waals surface area contributed by atoms with Gasteiger partial charge in [-0.1, -0.05) is 18.7 Å². The summed E-state index contributed by atoms with van der Waals surface area (Å²) in [6, 6.07) is 0. The van der Waals surface area contributed by atoms with Crippen LogP contribution in [0.1, 0.15) is 30.2 Å². The van der Waals surface area contributed by atoms with Crippen molar-refractivity contribution in [2.45, 2.75) is 38.6 Å². The average Bonchev–Trinajstić information content (AvgIpc) is 2.87. The lowest BCUT2D eigenvalue weighted by molar-refractivity contribution is -0.119. The van der Waals surface area contributed by atoms with E-state index in [4.69, 9.17) is 0 Å². The molecule has 2 aromatic rings. The Morgan fingerprint density at radius 3 is 2.80 bits per heavy atom. The number of thiophene rings is 1. The third kappa shape index (κ3) is 4.84. The lowest BCUT2D eigenvalue weighted by atomic mass is 9.81. The van der Waals surface area contributed by atoms with Crippen molar-refractivity contribution in [2.24, 2.45) is 5.41 Å². The van der Waals surface area contributed by atoms with Crippen molar-refractivity contribution in [3.8, 4) is 0 Å². The number of amides is 1. The van der Waals surface area contributed by atoms with Crippen LogP contribution in [0.3, 0.4) is 0 Å². The van der Waals surface area contributed by atoms with Gasteiger partial charge < -0.3 is 10.6 Å². The van der Waals surface area contributed by atoms with Crippen LogP contribution in [0.15, 0.2) is 11.4 Å². The summed E-state index contributed by atoms with van der Waals surface area (Å²) in [5.74, 6) is 0.477. The van der Waals surface area contributed by atoms with Crippen LogP contribution in [-0.4, -0.2) is 41.3 Å². The number of carbonyl (C=O) groups excluding carboxylic acids is 1. The topological polar surface area (TPSA) is 66.9 Å². The van der Waals surface area contributed by atoms with E-state index >= 15 is 0 Å². The highest BCUT2D eigenvalue weighted by Gasteiger charge is 2.27. The maximum Gasteiger partial charge on any atom is 0.230 e. The monoisotopic (exact) mass is 400 g/mol. The summed E-state index contributed by atoms with van der Waals surface area (Å²) in [4.78, 5) is 23.2. The zero-order valence-corrected chi connectivity index (χ0v) is 17.3. The summed E-state index contributed by atoms with van der Waals surface area (Å²) in [7, 11) is 0. The molecule has 0 bridgehead atoms. The first-order valence-electron chi connectivity index (χ1n) is 8.29. The molecule has 0 spiro atoms. The van der Waals surface area contributed by atoms with E-state index in [2.05, 4.69) is 41.4 Å². The van der Waals surface area contributed by atoms with Gasteiger partial charge in [0.2, 0.25) is 5.91 Å². The van der Waals surface area contributed by atoms with E-state index < -0.39 is 0 Å². The van der Waals surface area contributed by atoms with Gasteiger partial charge in [0.15, 0.2) is 0 Å². The molecule has 0 radical (unpaired) electrons. The van der Waals surface area contributed by atoms with Crippen molar-refractivity contribution >= 4 is 51.6 Å². The maximum atomic E-state index is 12.2. The predicted octanol–water partition coefficient (Wildman–Crippen LogP) is 3.33. The Morgan fingerprint density at radius 1 is 1.36 bits per heavy atom. The second kappa shape index (κ2) is 8.66. The third-order valence-electron chi connectivity index (χ3n) is 4.79. The van der Waals surface area contributed by atoms with E-state index in [0.29, 0.717) is 5.75 Å². The Kier molecular flexibility index (Phi) is 7.08. The molecule has 2 N–H and O–H groups in total. The summed E-state index contributed by atoms with van der Waals surface area (Å²) in [5, 5.41) is 8.48. The number of halogens is 1. The Bertz CT molecular complexity index is 744. The van der Waals surface area contributed by atoms with Gasteiger partial charge in [-0.15, -0.1) is 23.7 Å². The van der Waals surface area contributed by atoms with Crippen molar-refractivity contribution in [1.29, 1.82) is 0 Å². The Hall–Kier alpha value is -0.890. The molecule has 1 saturated heterocycles. The summed E-state index contributed by atoms with van der Waals surface area (Å²) in [6.45, 7) is 9.28. The number of nitrogens with zero attached hydrogens (tertiary/aromatic N) is 2. The minimum absolute atomic E-state index is 0. The van der Waals surface area contributed by atoms with Crippen molar-refractivity contribution in [3.63, 3.8) is 0 Å². The molecule has 25 heavy (non-hydrogen) atoms. The molecule has 0 unspecified atom stereocenters. The van der Waals surface area contributed by atoms with Gasteiger partial charge in [0.05, 0.1) is 5.75 Å². The molecule has 1 aliphatic rings. The predicted molar refractivity (Wildman–Crippen MR) is 108 cm³/mol. The molecular weight excluding hydrogens is 376 g/mol. The fourth-order valence-corrected chi connectivity index (χ4v) is 4.91. The molecule has 1 amide bonds. The van der Waals surface area contributed by atoms with Gasteiger partial charge in [-0.3, -0.25) is 4.79 Å². The molecule has 1 fully saturated rings. The number of fused-ring (bicyclic) bond motifs is 1. The minimum atomic E-state index is 0. The van der Waals surface area contributed by atoms with E-state index in [1.54, 1.807) is 17.7 Å². The molecule has 2 aromatic heterocycles. The number of nitrogens with one attached hydrogen (secondary N) is 2. The van der Waals surface area contributed by atoms with Gasteiger partial charge in [0.25, 0.3) is 0 Å². The first-order chi connectivity index (χ1) is 11.5. The van der Waals surface area contributed by atoms with Gasteiger partial charge >= 0.3 is 0 Å². The molecule has 0 saturated carbocycles. The molecule has 0 aliphatic carbocycles. The van der Waals surface area contributed by atoms with Gasteiger partial charge in [0, 0.05) is 16.8 Å². The first-order valence-corrected chi connectivity index (χ1v) is 10.1. The van der Waals surface area contributed by atoms with E-state index in [1.807, 2.05) is 0 Å². The largest absolute Gasteiger partial charge is 0.355 e. The molecule has 5 nitrogen and oxygen atoms in total. The standard InChI is InChI=1S/C17H24N4OS2.ClH/c1-11-12(2)24-16-14(11)15(20-10-21-16)23-8-13(22)19-9-17(3)4-6-18-7-5-17;/h10,18H,4-9H2,1-3H3,(H,19,22);1H. The fraction of sp³-hybridized carbons (Fsp3) is 0.588. The molecule has 8 heteroatoms. The van der Waals surface area contributed by atoms with Gasteiger partial charge in [0.1, 0.15) is 16.2 Å². The number of hydrogen-bond donors (Lipinski definition) is 2. The van der Waals surface area contributed by atoms with Crippen LogP contribution >= 0.6 is 35.5 Å². The number of hydrogen-bond acceptors (Lipinski definition) is 6. The summed E-state index contributed by atoms with van der Waals surface area (Å²) in [5.41, 5.74) is 1.44. The number of aromatic nitrogens is 2. The summed E-state index contributed by atoms with van der Waals surface area (Å²) in [6.07, 6.45) is 3.81. The highest BCUT2D eigenvalue weighted by atomic mass is 35.5. The van der Waals surface area contributed by atoms with Gasteiger partial charge in [-0.25, -0.2) is 9.97 Å². The Labute approximate surface area is 163 Å². The van der Waals surface area contributed by atoms with Crippen molar-refractivity contribution in [2.75, 3.05) is 25.4 Å². The van der Waals surface area contributed by atoms with Gasteiger partial charge in [-0.2, -0.15) is 0 Å². The zero-order valence-electron chi connectivity index (χ0n) is 14.8. The number of thioether (sulfide) groups is 1. The highest BCUT2D eigenvalue weighted by molar-refractivity contribution is 8.00. The quantitative estimate of drug-likeness (QED) is 0.595. The Morgan fingerprint density at radius 2 is 2.08 bits per heavy atom. The second-order valence-electron chi connectivity index (χ2n) is 6.77. The molecule has 1 aliphatic heterocycles. The number of rotatable bonds is 5. The summed E-state index contributed by atoms with van der Waals surface area (Å²) >= 11 is 3.19. The molecule has 3 heterocycles. The normalized spacial score (nSPS) is 16.4. The van der Waals surface area contributed by atoms with Crippen LogP contribution < -0.4 is 10.6 Å². The van der Waals surface area contributed by atoms with E-state index in [1.165, 1.54) is 22.2 Å². The second-order valence-corrected chi connectivity index (χ2v) is 8.94. The Balaban J connectivity index is 0.00000225. The highest BCUT2D eigenvalue weighted by Crippen LogP contribution is 2.34. The lowest BCUT2D eigenvalue weighted by Crippen LogP contribution is -2.43. The molecule has 0 atom stereocenters. The molecular formula is C17H25ClN4OS2. The lowest BCUT2D eigenvalue weighted by Gasteiger charge is -2.34. The van der Waals surface area contributed by atoms with Crippen molar-refractivity contribution in [3.05, 3.63) is 16.8 Å². The van der Waals surface area contributed by atoms with Crippen LogP contribution in [0.4, 0.5) is 0 Å². The molecule has 3 rings (SSSR count). The van der Waals surface area contributed by atoms with E-state index in [9.17, 15) is 4.79 Å². The zero-order chi connectivity index (χ0) is 17.2. The number of aryl methyl sites for hydroxylation is 2. The first kappa shape index (κ1) is 20.4. The maximum absolute atomic E-state index is 12.2. The average molecular weight is 401 g/mol. The van der Waals surface area contributed by atoms with Crippen LogP contribution in [0.5, 0.6) is 0 Å². The third-order valence-corrected chi connectivity index (χ3v) is 6.90. The van der Waals surface area contributed by atoms with Crippen LogP contribution in [0.25, 0.3) is 10.2 Å². The fourth-order valence-electron chi connectivity index (χ4n) is 2.96. The van der Waals surface area contributed by atoms with Gasteiger partial charge in [-0.05, 0) is 50.8 Å². The van der Waals surface area contributed by atoms with Crippen LogP contribution in [0, 0.1) is 19.3 Å². The SMILES string of the molecule is Cc1sc2ncnc(SCC(=O)NCC3(C)CCNCC3)c2c1C.Cl. The van der Waals surface area contributed by atoms with E-state index in [0.717, 1.165) is 47.7 Å². The van der Waals surface area contributed by atoms with Crippen LogP contribution in [-0.2, 0) is 4.79 Å². The number of piperidine rings is 1. The minimum Gasteiger partial charge on any atom is -0.355 e. The summed E-state index contributed by atoms with van der Waals surface area (Å²) < 4.78 is 0. The van der Waals surface area contributed by atoms with E-state index in [-0.39, 0.29) is 23.7 Å². The van der Waals surface area contributed by atoms with Crippen molar-refractivity contribution in [1.82, 2.24) is 20.6 Å². The molecule has 0 aromatic carbocycles. The number of carbonyl (C=O) groups is 1. The van der Waals surface area contributed by atoms with Crippen molar-refractivity contribution < 1.29 is 4.79 Å². The van der Waals surface area contributed by atoms with Crippen LogP contribution in [0.2, 0.25) is 0 Å². The molecule has 138 valence electrons.